The molecule has 0 saturated carbocycles. The fourth-order valence-corrected chi connectivity index (χ4v) is 2.88. The van der Waals surface area contributed by atoms with E-state index in [2.05, 4.69) is 4.72 Å². The first-order chi connectivity index (χ1) is 8.62. The molecule has 5 nitrogen and oxygen atoms in total. The Morgan fingerprint density at radius 1 is 1.39 bits per heavy atom. The van der Waals surface area contributed by atoms with Crippen LogP contribution < -0.4 is 4.72 Å². The van der Waals surface area contributed by atoms with Crippen molar-refractivity contribution in [1.82, 2.24) is 4.72 Å². The average Bonchev–Trinajstić information content (AvgIpc) is 2.90. The van der Waals surface area contributed by atoms with Crippen LogP contribution in [0.2, 0.25) is 0 Å². The molecule has 96 valence electrons. The Morgan fingerprint density at radius 2 is 2.11 bits per heavy atom. The Hall–Kier alpha value is -1.42. The third-order valence-corrected chi connectivity index (χ3v) is 4.32. The molecule has 6 heteroatoms. The van der Waals surface area contributed by atoms with Gasteiger partial charge in [0.1, 0.15) is 0 Å². The van der Waals surface area contributed by atoms with Gasteiger partial charge in [-0.2, -0.15) is 5.26 Å². The van der Waals surface area contributed by atoms with E-state index >= 15 is 0 Å². The second-order valence-corrected chi connectivity index (χ2v) is 5.98. The van der Waals surface area contributed by atoms with Crippen LogP contribution in [0.15, 0.2) is 29.2 Å². The lowest BCUT2D eigenvalue weighted by Gasteiger charge is -2.10. The van der Waals surface area contributed by atoms with E-state index in [1.165, 1.54) is 24.3 Å². The Labute approximate surface area is 106 Å². The molecule has 1 N–H and O–H groups in total. The fourth-order valence-electron chi connectivity index (χ4n) is 1.76. The molecule has 0 radical (unpaired) electrons. The predicted molar refractivity (Wildman–Crippen MR) is 65.3 cm³/mol. The van der Waals surface area contributed by atoms with Gasteiger partial charge in [0.05, 0.1) is 23.1 Å². The summed E-state index contributed by atoms with van der Waals surface area (Å²) in [7, 11) is -3.49. The van der Waals surface area contributed by atoms with Crippen LogP contribution in [0.5, 0.6) is 0 Å². The summed E-state index contributed by atoms with van der Waals surface area (Å²) >= 11 is 0. The Balaban J connectivity index is 2.02. The zero-order valence-electron chi connectivity index (χ0n) is 9.80. The van der Waals surface area contributed by atoms with Crippen molar-refractivity contribution in [2.75, 3.05) is 19.8 Å². The highest BCUT2D eigenvalue weighted by Gasteiger charge is 2.20. The molecule has 0 aliphatic carbocycles. The van der Waals surface area contributed by atoms with Crippen LogP contribution in [0.3, 0.4) is 0 Å². The molecule has 1 heterocycles. The second-order valence-electron chi connectivity index (χ2n) is 4.22. The summed E-state index contributed by atoms with van der Waals surface area (Å²) in [5.74, 6) is 0.248. The summed E-state index contributed by atoms with van der Waals surface area (Å²) in [6.45, 7) is 1.70. The van der Waals surface area contributed by atoms with E-state index in [1.54, 1.807) is 0 Å². The van der Waals surface area contributed by atoms with E-state index in [4.69, 9.17) is 10.00 Å². The molecule has 1 aliphatic heterocycles. The van der Waals surface area contributed by atoms with Crippen molar-refractivity contribution in [3.05, 3.63) is 29.8 Å². The van der Waals surface area contributed by atoms with E-state index < -0.39 is 10.0 Å². The van der Waals surface area contributed by atoms with E-state index in [0.717, 1.165) is 6.42 Å². The van der Waals surface area contributed by atoms with Crippen molar-refractivity contribution in [1.29, 1.82) is 5.26 Å². The summed E-state index contributed by atoms with van der Waals surface area (Å²) in [6.07, 6.45) is 0.885. The van der Waals surface area contributed by atoms with Gasteiger partial charge in [-0.15, -0.1) is 0 Å². The SMILES string of the molecule is N#Cc1ccc(S(=O)(=O)NC[C@@H]2CCOC2)cc1. The minimum atomic E-state index is -3.49. The lowest BCUT2D eigenvalue weighted by Crippen LogP contribution is -2.29. The van der Waals surface area contributed by atoms with Gasteiger partial charge in [-0.3, -0.25) is 0 Å². The molecule has 1 aromatic carbocycles. The highest BCUT2D eigenvalue weighted by Crippen LogP contribution is 2.14. The highest BCUT2D eigenvalue weighted by atomic mass is 32.2. The molecule has 0 spiro atoms. The van der Waals surface area contributed by atoms with Crippen LogP contribution in [-0.4, -0.2) is 28.2 Å². The molecule has 2 rings (SSSR count). The average molecular weight is 266 g/mol. The third-order valence-electron chi connectivity index (χ3n) is 2.88. The number of hydrogen-bond acceptors (Lipinski definition) is 4. The van der Waals surface area contributed by atoms with Gasteiger partial charge < -0.3 is 4.74 Å². The quantitative estimate of drug-likeness (QED) is 0.877. The van der Waals surface area contributed by atoms with Crippen LogP contribution in [0, 0.1) is 17.2 Å². The Kier molecular flexibility index (Phi) is 3.97. The van der Waals surface area contributed by atoms with E-state index in [-0.39, 0.29) is 10.8 Å². The monoisotopic (exact) mass is 266 g/mol. The van der Waals surface area contributed by atoms with Gasteiger partial charge in [0.2, 0.25) is 10.0 Å². The van der Waals surface area contributed by atoms with Gasteiger partial charge >= 0.3 is 0 Å². The van der Waals surface area contributed by atoms with Gasteiger partial charge in [0.25, 0.3) is 0 Å². The molecule has 1 atom stereocenters. The van der Waals surface area contributed by atoms with Crippen molar-refractivity contribution in [2.45, 2.75) is 11.3 Å². The lowest BCUT2D eigenvalue weighted by atomic mass is 10.1. The maximum Gasteiger partial charge on any atom is 0.240 e. The van der Waals surface area contributed by atoms with Crippen molar-refractivity contribution in [3.63, 3.8) is 0 Å². The minimum Gasteiger partial charge on any atom is -0.381 e. The first-order valence-electron chi connectivity index (χ1n) is 5.69. The Morgan fingerprint density at radius 3 is 2.67 bits per heavy atom. The highest BCUT2D eigenvalue weighted by molar-refractivity contribution is 7.89. The third kappa shape index (κ3) is 3.07. The van der Waals surface area contributed by atoms with Crippen LogP contribution >= 0.6 is 0 Å². The minimum absolute atomic E-state index is 0.181. The summed E-state index contributed by atoms with van der Waals surface area (Å²) in [5.41, 5.74) is 0.443. The molecule has 0 aromatic heterocycles. The topological polar surface area (TPSA) is 79.2 Å². The zero-order valence-corrected chi connectivity index (χ0v) is 10.6. The van der Waals surface area contributed by atoms with Crippen LogP contribution in [0.25, 0.3) is 0 Å². The predicted octanol–water partition coefficient (Wildman–Crippen LogP) is 0.873. The summed E-state index contributed by atoms with van der Waals surface area (Å²) < 4.78 is 31.7. The van der Waals surface area contributed by atoms with Crippen LogP contribution in [-0.2, 0) is 14.8 Å². The van der Waals surface area contributed by atoms with Gasteiger partial charge in [0, 0.05) is 13.2 Å². The van der Waals surface area contributed by atoms with Crippen molar-refractivity contribution in [3.8, 4) is 6.07 Å². The number of nitriles is 1. The largest absolute Gasteiger partial charge is 0.381 e. The van der Waals surface area contributed by atoms with Crippen molar-refractivity contribution < 1.29 is 13.2 Å². The molecule has 1 fully saturated rings. The standard InChI is InChI=1S/C12H14N2O3S/c13-7-10-1-3-12(4-2-10)18(15,16)14-8-11-5-6-17-9-11/h1-4,11,14H,5-6,8-9H2/t11-/m0/s1. The summed E-state index contributed by atoms with van der Waals surface area (Å²) in [5, 5.41) is 8.65. The zero-order chi connectivity index (χ0) is 13.0. The Bertz CT molecular complexity index is 540. The summed E-state index contributed by atoms with van der Waals surface area (Å²) in [6, 6.07) is 7.81. The smallest absolute Gasteiger partial charge is 0.240 e. The molecule has 1 aliphatic rings. The number of nitrogens with zero attached hydrogens (tertiary/aromatic N) is 1. The molecule has 0 bridgehead atoms. The maximum atomic E-state index is 12.0. The molecule has 0 unspecified atom stereocenters. The van der Waals surface area contributed by atoms with E-state index in [0.29, 0.717) is 25.3 Å². The number of sulfonamides is 1. The number of benzene rings is 1. The van der Waals surface area contributed by atoms with Crippen molar-refractivity contribution in [2.24, 2.45) is 5.92 Å². The summed E-state index contributed by atoms with van der Waals surface area (Å²) in [4.78, 5) is 0.181. The first kappa shape index (κ1) is 13.0. The van der Waals surface area contributed by atoms with E-state index in [9.17, 15) is 8.42 Å². The number of rotatable bonds is 4. The molecule has 1 saturated heterocycles. The normalized spacial score (nSPS) is 19.6. The van der Waals surface area contributed by atoms with E-state index in [1.807, 2.05) is 6.07 Å². The van der Waals surface area contributed by atoms with Gasteiger partial charge in [-0.25, -0.2) is 13.1 Å². The van der Waals surface area contributed by atoms with Gasteiger partial charge in [-0.1, -0.05) is 0 Å². The molecule has 0 amide bonds. The molecular formula is C12H14N2O3S. The number of hydrogen-bond donors (Lipinski definition) is 1. The molecule has 1 aromatic rings. The number of ether oxygens (including phenoxy) is 1. The number of nitrogens with one attached hydrogen (secondary N) is 1. The molecule has 18 heavy (non-hydrogen) atoms. The van der Waals surface area contributed by atoms with Crippen molar-refractivity contribution >= 4 is 10.0 Å². The fraction of sp³-hybridized carbons (Fsp3) is 0.417. The second kappa shape index (κ2) is 5.48. The lowest BCUT2D eigenvalue weighted by molar-refractivity contribution is 0.186. The van der Waals surface area contributed by atoms with Crippen LogP contribution in [0.1, 0.15) is 12.0 Å². The maximum absolute atomic E-state index is 12.0. The molecular weight excluding hydrogens is 252 g/mol. The van der Waals surface area contributed by atoms with Crippen LogP contribution in [0.4, 0.5) is 0 Å². The van der Waals surface area contributed by atoms with Gasteiger partial charge in [0.15, 0.2) is 0 Å². The first-order valence-corrected chi connectivity index (χ1v) is 7.18. The van der Waals surface area contributed by atoms with Gasteiger partial charge in [-0.05, 0) is 36.6 Å².